The molecule has 4 aromatic heterocycles. The van der Waals surface area contributed by atoms with Crippen LogP contribution in [0.15, 0.2) is 180 Å². The molecule has 0 saturated carbocycles. The molecule has 11 aromatic rings. The summed E-state index contributed by atoms with van der Waals surface area (Å²) in [5, 5.41) is 3.12. The first kappa shape index (κ1) is 32.1. The van der Waals surface area contributed by atoms with E-state index >= 15 is 0 Å². The molecule has 0 aliphatic rings. The van der Waals surface area contributed by atoms with Crippen molar-refractivity contribution < 1.29 is 4.42 Å². The molecule has 0 fully saturated rings. The van der Waals surface area contributed by atoms with Crippen molar-refractivity contribution in [2.75, 3.05) is 0 Å². The second kappa shape index (κ2) is 13.2. The van der Waals surface area contributed by atoms with Gasteiger partial charge in [0, 0.05) is 48.7 Å². The molecule has 0 unspecified atom stereocenters. The minimum atomic E-state index is 0.596. The molecule has 6 nitrogen and oxygen atoms in total. The van der Waals surface area contributed by atoms with Crippen LogP contribution in [0, 0.1) is 0 Å². The van der Waals surface area contributed by atoms with Crippen molar-refractivity contribution in [3.63, 3.8) is 0 Å². The number of thiophene rings is 1. The highest BCUT2D eigenvalue weighted by atomic mass is 32.1. The lowest BCUT2D eigenvalue weighted by molar-refractivity contribution is 0.669. The lowest BCUT2D eigenvalue weighted by Crippen LogP contribution is -2.00. The van der Waals surface area contributed by atoms with E-state index in [4.69, 9.17) is 29.3 Å². The Morgan fingerprint density at radius 1 is 0.375 bits per heavy atom. The number of aromatic nitrogens is 5. The van der Waals surface area contributed by atoms with E-state index in [1.54, 1.807) is 11.3 Å². The highest BCUT2D eigenvalue weighted by Crippen LogP contribution is 2.41. The summed E-state index contributed by atoms with van der Waals surface area (Å²) < 4.78 is 8.83. The summed E-state index contributed by atoms with van der Waals surface area (Å²) >= 11 is 1.74. The van der Waals surface area contributed by atoms with Gasteiger partial charge in [0.25, 0.3) is 0 Å². The maximum Gasteiger partial charge on any atom is 0.164 e. The standard InChI is InChI=1S/C49H29N5OS/c1-4-13-32(14-5-1)46-50-43(45-44(51-46)37-19-10-11-22-41(37)56-45)31-25-23-30(24-26-31)35-27-28-36-40(29-35)55-39-21-12-20-38(42(36)39)49-53-47(33-15-6-2-7-16-33)52-48(54-49)34-17-8-3-9-18-34/h1-29H. The molecule has 0 bridgehead atoms. The molecule has 7 aromatic carbocycles. The fourth-order valence-corrected chi connectivity index (χ4v) is 8.60. The van der Waals surface area contributed by atoms with Crippen molar-refractivity contribution >= 4 is 53.6 Å². The van der Waals surface area contributed by atoms with Crippen molar-refractivity contribution in [3.05, 3.63) is 176 Å². The van der Waals surface area contributed by atoms with Crippen LogP contribution in [0.2, 0.25) is 0 Å². The first-order valence-electron chi connectivity index (χ1n) is 18.4. The number of nitrogens with zero attached hydrogens (tertiary/aromatic N) is 5. The van der Waals surface area contributed by atoms with Crippen LogP contribution in [0.1, 0.15) is 0 Å². The van der Waals surface area contributed by atoms with E-state index in [0.717, 1.165) is 88.0 Å². The minimum absolute atomic E-state index is 0.596. The lowest BCUT2D eigenvalue weighted by Gasteiger charge is -2.09. The number of fused-ring (bicyclic) bond motifs is 6. The van der Waals surface area contributed by atoms with Gasteiger partial charge in [-0.15, -0.1) is 11.3 Å². The monoisotopic (exact) mass is 735 g/mol. The van der Waals surface area contributed by atoms with Gasteiger partial charge < -0.3 is 4.42 Å². The molecule has 0 amide bonds. The summed E-state index contributed by atoms with van der Waals surface area (Å²) in [5.41, 5.74) is 10.4. The molecule has 262 valence electrons. The van der Waals surface area contributed by atoms with Crippen LogP contribution in [-0.4, -0.2) is 24.9 Å². The zero-order valence-electron chi connectivity index (χ0n) is 29.8. The first-order chi connectivity index (χ1) is 27.7. The molecule has 11 rings (SSSR count). The molecule has 7 heteroatoms. The molecule has 0 radical (unpaired) electrons. The molecule has 56 heavy (non-hydrogen) atoms. The van der Waals surface area contributed by atoms with Crippen LogP contribution in [0.5, 0.6) is 0 Å². The van der Waals surface area contributed by atoms with Crippen LogP contribution >= 0.6 is 11.3 Å². The molecule has 0 atom stereocenters. The second-order valence-electron chi connectivity index (χ2n) is 13.6. The number of furan rings is 1. The van der Waals surface area contributed by atoms with Gasteiger partial charge >= 0.3 is 0 Å². The number of hydrogen-bond donors (Lipinski definition) is 0. The third-order valence-electron chi connectivity index (χ3n) is 10.2. The summed E-state index contributed by atoms with van der Waals surface area (Å²) in [6.07, 6.45) is 0. The van der Waals surface area contributed by atoms with Crippen LogP contribution in [0.25, 0.3) is 110 Å². The largest absolute Gasteiger partial charge is 0.456 e. The van der Waals surface area contributed by atoms with Gasteiger partial charge in [0.15, 0.2) is 23.3 Å². The van der Waals surface area contributed by atoms with Gasteiger partial charge in [-0.1, -0.05) is 152 Å². The van der Waals surface area contributed by atoms with Gasteiger partial charge in [0.2, 0.25) is 0 Å². The summed E-state index contributed by atoms with van der Waals surface area (Å²) in [7, 11) is 0. The lowest BCUT2D eigenvalue weighted by atomic mass is 10.00. The smallest absolute Gasteiger partial charge is 0.164 e. The maximum atomic E-state index is 6.55. The molecule has 0 spiro atoms. The Labute approximate surface area is 325 Å². The SMILES string of the molecule is c1ccc(-c2nc(-c3ccccc3)nc(-c3cccc4oc5cc(-c6ccc(-c7nc(-c8ccccc8)nc8c7sc7ccccc78)cc6)ccc5c34)n2)cc1. The molecular weight excluding hydrogens is 707 g/mol. The Hall–Kier alpha value is -7.35. The Balaban J connectivity index is 0.999. The van der Waals surface area contributed by atoms with Crippen molar-refractivity contribution in [2.24, 2.45) is 0 Å². The van der Waals surface area contributed by atoms with Crippen LogP contribution in [0.3, 0.4) is 0 Å². The van der Waals surface area contributed by atoms with Crippen molar-refractivity contribution in [1.29, 1.82) is 0 Å². The van der Waals surface area contributed by atoms with E-state index in [1.165, 1.54) is 4.70 Å². The Bertz CT molecular complexity index is 3180. The number of rotatable bonds is 6. The molecule has 0 N–H and O–H groups in total. The van der Waals surface area contributed by atoms with Crippen LogP contribution < -0.4 is 0 Å². The van der Waals surface area contributed by atoms with Gasteiger partial charge in [-0.25, -0.2) is 24.9 Å². The third-order valence-corrected chi connectivity index (χ3v) is 11.3. The predicted octanol–water partition coefficient (Wildman–Crippen LogP) is 12.9. The predicted molar refractivity (Wildman–Crippen MR) is 228 cm³/mol. The fourth-order valence-electron chi connectivity index (χ4n) is 7.44. The van der Waals surface area contributed by atoms with E-state index in [-0.39, 0.29) is 0 Å². The highest BCUT2D eigenvalue weighted by Gasteiger charge is 2.19. The van der Waals surface area contributed by atoms with Gasteiger partial charge in [0.05, 0.1) is 15.9 Å². The Kier molecular flexibility index (Phi) is 7.57. The zero-order chi connectivity index (χ0) is 37.0. The van der Waals surface area contributed by atoms with E-state index in [9.17, 15) is 0 Å². The van der Waals surface area contributed by atoms with E-state index < -0.39 is 0 Å². The quantitative estimate of drug-likeness (QED) is 0.169. The van der Waals surface area contributed by atoms with E-state index in [2.05, 4.69) is 84.9 Å². The van der Waals surface area contributed by atoms with Crippen molar-refractivity contribution in [3.8, 4) is 67.9 Å². The van der Waals surface area contributed by atoms with Crippen molar-refractivity contribution in [1.82, 2.24) is 24.9 Å². The number of benzene rings is 7. The topological polar surface area (TPSA) is 77.6 Å². The zero-order valence-corrected chi connectivity index (χ0v) is 30.6. The van der Waals surface area contributed by atoms with Gasteiger partial charge in [0.1, 0.15) is 11.2 Å². The average molecular weight is 736 g/mol. The fraction of sp³-hybridized carbons (Fsp3) is 0. The summed E-state index contributed by atoms with van der Waals surface area (Å²) in [5.74, 6) is 2.56. The Morgan fingerprint density at radius 3 is 1.62 bits per heavy atom. The van der Waals surface area contributed by atoms with Crippen LogP contribution in [0.4, 0.5) is 0 Å². The molecule has 0 aliphatic heterocycles. The summed E-state index contributed by atoms with van der Waals surface area (Å²) in [6, 6.07) is 59.8. The first-order valence-corrected chi connectivity index (χ1v) is 19.2. The summed E-state index contributed by atoms with van der Waals surface area (Å²) in [4.78, 5) is 25.1. The number of hydrogen-bond acceptors (Lipinski definition) is 7. The van der Waals surface area contributed by atoms with Gasteiger partial charge in [-0.05, 0) is 35.4 Å². The van der Waals surface area contributed by atoms with E-state index in [1.807, 2.05) is 91.0 Å². The van der Waals surface area contributed by atoms with E-state index in [0.29, 0.717) is 17.5 Å². The third kappa shape index (κ3) is 5.52. The summed E-state index contributed by atoms with van der Waals surface area (Å²) in [6.45, 7) is 0. The van der Waals surface area contributed by atoms with Crippen molar-refractivity contribution in [2.45, 2.75) is 0 Å². The molecule has 4 heterocycles. The average Bonchev–Trinajstić information content (AvgIpc) is 3.85. The molecule has 0 aliphatic carbocycles. The minimum Gasteiger partial charge on any atom is -0.456 e. The van der Waals surface area contributed by atoms with Crippen LogP contribution in [-0.2, 0) is 0 Å². The second-order valence-corrected chi connectivity index (χ2v) is 14.7. The molecule has 0 saturated heterocycles. The highest BCUT2D eigenvalue weighted by molar-refractivity contribution is 7.26. The van der Waals surface area contributed by atoms with Gasteiger partial charge in [-0.2, -0.15) is 0 Å². The molecular formula is C49H29N5OS. The maximum absolute atomic E-state index is 6.55. The van der Waals surface area contributed by atoms with Gasteiger partial charge in [-0.3, -0.25) is 0 Å². The Morgan fingerprint density at radius 2 is 0.946 bits per heavy atom. The normalized spacial score (nSPS) is 11.6.